The number of ether oxygens (including phenoxy) is 3. The fraction of sp³-hybridized carbons (Fsp3) is 0.621. The van der Waals surface area contributed by atoms with Crippen LogP contribution in [0.4, 0.5) is 0 Å². The molecule has 0 bridgehead atoms. The number of carbonyl (C=O) groups is 3. The van der Waals surface area contributed by atoms with Crippen molar-refractivity contribution in [2.45, 2.75) is 83.3 Å². The summed E-state index contributed by atoms with van der Waals surface area (Å²) in [5.74, 6) is -0.912. The van der Waals surface area contributed by atoms with Gasteiger partial charge in [-0.05, 0) is 24.8 Å². The van der Waals surface area contributed by atoms with Crippen LogP contribution in [0, 0.1) is 0 Å². The monoisotopic (exact) mass is 568 g/mol. The number of rotatable bonds is 20. The van der Waals surface area contributed by atoms with Gasteiger partial charge in [-0.3, -0.25) is 19.3 Å². The number of unbranched alkanes of at least 4 members (excludes halogenated alkanes) is 4. The predicted molar refractivity (Wildman–Crippen MR) is 152 cm³/mol. The SMILES string of the molecule is CCCCCCC[C@@H](C/C=C/CCC(=O)NC/C(=C\Cl)C/C(=C\C(=O)N1C(=O)C=C(OC)[C@H]1CO)OC)OC. The first-order valence-electron chi connectivity index (χ1n) is 13.6. The lowest BCUT2D eigenvalue weighted by Crippen LogP contribution is -2.42. The average molecular weight is 569 g/mol. The fourth-order valence-electron chi connectivity index (χ4n) is 4.14. The molecule has 0 spiro atoms. The zero-order valence-corrected chi connectivity index (χ0v) is 24.5. The van der Waals surface area contributed by atoms with E-state index in [1.807, 2.05) is 6.08 Å². The molecule has 0 radical (unpaired) electrons. The second-order valence-electron chi connectivity index (χ2n) is 9.34. The molecule has 0 aliphatic carbocycles. The number of aliphatic hydroxyl groups excluding tert-OH is 1. The lowest BCUT2D eigenvalue weighted by atomic mass is 10.1. The number of nitrogens with zero attached hydrogens (tertiary/aromatic N) is 1. The summed E-state index contributed by atoms with van der Waals surface area (Å²) in [6.45, 7) is 1.93. The summed E-state index contributed by atoms with van der Waals surface area (Å²) in [4.78, 5) is 38.1. The Morgan fingerprint density at radius 2 is 1.92 bits per heavy atom. The first-order valence-corrected chi connectivity index (χ1v) is 14.0. The van der Waals surface area contributed by atoms with Crippen LogP contribution < -0.4 is 5.32 Å². The Bertz CT molecular complexity index is 898. The summed E-state index contributed by atoms with van der Waals surface area (Å²) in [5.41, 5.74) is 1.94. The van der Waals surface area contributed by atoms with Crippen molar-refractivity contribution >= 4 is 29.3 Å². The minimum atomic E-state index is -0.892. The van der Waals surface area contributed by atoms with E-state index in [0.29, 0.717) is 18.4 Å². The van der Waals surface area contributed by atoms with Crippen LogP contribution >= 0.6 is 11.6 Å². The number of methoxy groups -OCH3 is 3. The lowest BCUT2D eigenvalue weighted by molar-refractivity contribution is -0.140. The number of allylic oxidation sites excluding steroid dienone is 2. The molecule has 0 saturated heterocycles. The van der Waals surface area contributed by atoms with Crippen LogP contribution in [0.15, 0.2) is 46.9 Å². The van der Waals surface area contributed by atoms with Gasteiger partial charge < -0.3 is 24.6 Å². The molecule has 9 nitrogen and oxygen atoms in total. The second-order valence-corrected chi connectivity index (χ2v) is 9.56. The van der Waals surface area contributed by atoms with Gasteiger partial charge in [0.15, 0.2) is 0 Å². The third-order valence-corrected chi connectivity index (χ3v) is 6.78. The molecule has 0 aromatic carbocycles. The molecule has 0 saturated carbocycles. The number of nitrogens with one attached hydrogen (secondary N) is 1. The summed E-state index contributed by atoms with van der Waals surface area (Å²) >= 11 is 5.95. The Kier molecular flexibility index (Phi) is 17.9. The van der Waals surface area contributed by atoms with Gasteiger partial charge in [-0.2, -0.15) is 0 Å². The van der Waals surface area contributed by atoms with Gasteiger partial charge >= 0.3 is 0 Å². The molecule has 0 aromatic heterocycles. The Morgan fingerprint density at radius 3 is 2.54 bits per heavy atom. The third kappa shape index (κ3) is 12.9. The number of amides is 3. The van der Waals surface area contributed by atoms with Crippen LogP contribution in [0.1, 0.15) is 71.1 Å². The van der Waals surface area contributed by atoms with Gasteiger partial charge in [0.1, 0.15) is 17.6 Å². The van der Waals surface area contributed by atoms with Crippen molar-refractivity contribution in [3.8, 4) is 0 Å². The molecule has 10 heteroatoms. The van der Waals surface area contributed by atoms with E-state index in [2.05, 4.69) is 18.3 Å². The maximum atomic E-state index is 12.7. The Hall–Kier alpha value is -2.62. The molecule has 2 atom stereocenters. The molecule has 1 aliphatic heterocycles. The standard InChI is InChI=1S/C29H45ClN2O7/c1-5-6-7-8-10-13-23(37-2)14-11-9-12-15-27(34)31-20-22(19-30)16-24(38-3)17-28(35)32-25(21-33)26(39-4)18-29(32)36/h9,11,17-19,23,25,33H,5-8,10,12-16,20-21H2,1-4H3,(H,31,34)/b11-9+,22-19-,24-17+/t23-,25+/m0/s1. The minimum Gasteiger partial charge on any atom is -0.501 e. The van der Waals surface area contributed by atoms with Crippen LogP contribution in [-0.4, -0.2) is 74.4 Å². The number of hydrogen-bond acceptors (Lipinski definition) is 7. The van der Waals surface area contributed by atoms with E-state index < -0.39 is 24.5 Å². The van der Waals surface area contributed by atoms with Crippen molar-refractivity contribution in [3.05, 3.63) is 46.9 Å². The van der Waals surface area contributed by atoms with Crippen LogP contribution in [0.25, 0.3) is 0 Å². The molecule has 39 heavy (non-hydrogen) atoms. The minimum absolute atomic E-state index is 0.125. The van der Waals surface area contributed by atoms with E-state index in [4.69, 9.17) is 25.8 Å². The van der Waals surface area contributed by atoms with E-state index in [9.17, 15) is 19.5 Å². The highest BCUT2D eigenvalue weighted by molar-refractivity contribution is 6.25. The normalized spacial score (nSPS) is 17.0. The Morgan fingerprint density at radius 1 is 1.18 bits per heavy atom. The zero-order chi connectivity index (χ0) is 29.0. The van der Waals surface area contributed by atoms with E-state index in [-0.39, 0.29) is 36.5 Å². The van der Waals surface area contributed by atoms with Gasteiger partial charge in [-0.25, -0.2) is 0 Å². The Labute approximate surface area is 237 Å². The van der Waals surface area contributed by atoms with E-state index in [0.717, 1.165) is 17.7 Å². The average Bonchev–Trinajstić information content (AvgIpc) is 3.28. The van der Waals surface area contributed by atoms with Crippen molar-refractivity contribution in [1.29, 1.82) is 0 Å². The quantitative estimate of drug-likeness (QED) is 0.0961. The predicted octanol–water partition coefficient (Wildman–Crippen LogP) is 4.51. The molecule has 0 unspecified atom stereocenters. The highest BCUT2D eigenvalue weighted by Gasteiger charge is 2.37. The maximum Gasteiger partial charge on any atom is 0.257 e. The van der Waals surface area contributed by atoms with E-state index in [1.54, 1.807) is 7.11 Å². The number of carbonyl (C=O) groups excluding carboxylic acids is 3. The molecule has 220 valence electrons. The Balaban J connectivity index is 2.47. The van der Waals surface area contributed by atoms with Gasteiger partial charge in [0.2, 0.25) is 5.91 Å². The van der Waals surface area contributed by atoms with Crippen molar-refractivity contribution in [2.24, 2.45) is 0 Å². The zero-order valence-electron chi connectivity index (χ0n) is 23.7. The molecule has 1 rings (SSSR count). The molecule has 3 amide bonds. The summed E-state index contributed by atoms with van der Waals surface area (Å²) < 4.78 is 15.9. The second kappa shape index (κ2) is 20.3. The topological polar surface area (TPSA) is 114 Å². The van der Waals surface area contributed by atoms with Crippen LogP contribution in [0.2, 0.25) is 0 Å². The largest absolute Gasteiger partial charge is 0.501 e. The molecule has 2 N–H and O–H groups in total. The lowest BCUT2D eigenvalue weighted by Gasteiger charge is -2.22. The molecule has 1 aliphatic rings. The summed E-state index contributed by atoms with van der Waals surface area (Å²) in [5, 5.41) is 12.4. The van der Waals surface area contributed by atoms with Crippen molar-refractivity contribution in [1.82, 2.24) is 10.2 Å². The summed E-state index contributed by atoms with van der Waals surface area (Å²) in [6.07, 6.45) is 15.8. The summed E-state index contributed by atoms with van der Waals surface area (Å²) in [7, 11) is 4.50. The number of hydrogen-bond donors (Lipinski definition) is 2. The molecule has 1 heterocycles. The fourth-order valence-corrected chi connectivity index (χ4v) is 4.29. The molecular formula is C29H45ClN2O7. The highest BCUT2D eigenvalue weighted by Crippen LogP contribution is 2.22. The highest BCUT2D eigenvalue weighted by atomic mass is 35.5. The van der Waals surface area contributed by atoms with E-state index >= 15 is 0 Å². The number of halogens is 1. The van der Waals surface area contributed by atoms with Crippen LogP contribution in [0.3, 0.4) is 0 Å². The first-order chi connectivity index (χ1) is 18.8. The number of aliphatic hydroxyl groups is 1. The van der Waals surface area contributed by atoms with Gasteiger partial charge in [0, 0.05) is 44.2 Å². The first kappa shape index (κ1) is 34.4. The van der Waals surface area contributed by atoms with Crippen LogP contribution in [-0.2, 0) is 28.6 Å². The van der Waals surface area contributed by atoms with Crippen molar-refractivity contribution < 1.29 is 33.7 Å². The van der Waals surface area contributed by atoms with Crippen molar-refractivity contribution in [3.63, 3.8) is 0 Å². The summed E-state index contributed by atoms with van der Waals surface area (Å²) in [6, 6.07) is -0.892. The maximum absolute atomic E-state index is 12.7. The van der Waals surface area contributed by atoms with Crippen molar-refractivity contribution in [2.75, 3.05) is 34.5 Å². The molecular weight excluding hydrogens is 524 g/mol. The molecule has 0 aromatic rings. The molecule has 0 fully saturated rings. The van der Waals surface area contributed by atoms with E-state index in [1.165, 1.54) is 64.0 Å². The number of imide groups is 1. The van der Waals surface area contributed by atoms with Gasteiger partial charge in [0.05, 0.1) is 26.9 Å². The van der Waals surface area contributed by atoms with Gasteiger partial charge in [-0.1, -0.05) is 62.8 Å². The van der Waals surface area contributed by atoms with Gasteiger partial charge in [-0.15, -0.1) is 0 Å². The smallest absolute Gasteiger partial charge is 0.257 e. The van der Waals surface area contributed by atoms with Gasteiger partial charge in [0.25, 0.3) is 11.8 Å². The van der Waals surface area contributed by atoms with Crippen LogP contribution in [0.5, 0.6) is 0 Å². The third-order valence-electron chi connectivity index (χ3n) is 6.47.